The van der Waals surface area contributed by atoms with Gasteiger partial charge in [0.25, 0.3) is 0 Å². The van der Waals surface area contributed by atoms with Crippen molar-refractivity contribution >= 4 is 35.8 Å². The molecule has 3 saturated carbocycles. The minimum Gasteiger partial charge on any atom is -0.494 e. The average molecular weight is 1070 g/mol. The molecule has 2 aromatic rings. The number of ether oxygens (including phenoxy) is 7. The lowest BCUT2D eigenvalue weighted by molar-refractivity contribution is -0.155. The zero-order valence-corrected chi connectivity index (χ0v) is 47.3. The summed E-state index contributed by atoms with van der Waals surface area (Å²) in [5.74, 6) is 2.12. The Morgan fingerprint density at radius 1 is 0.377 bits per heavy atom. The van der Waals surface area contributed by atoms with Crippen LogP contribution in [0.2, 0.25) is 0 Å². The van der Waals surface area contributed by atoms with Crippen molar-refractivity contribution in [2.75, 3.05) is 33.0 Å². The van der Waals surface area contributed by atoms with Crippen LogP contribution in [0.15, 0.2) is 48.5 Å². The summed E-state index contributed by atoms with van der Waals surface area (Å²) in [4.78, 5) is 74.6. The van der Waals surface area contributed by atoms with Crippen LogP contribution in [-0.2, 0) is 42.9 Å². The number of hydrogen-bond acceptors (Lipinski definition) is 13. The van der Waals surface area contributed by atoms with Crippen molar-refractivity contribution in [1.29, 1.82) is 0 Å². The second kappa shape index (κ2) is 37.8. The topological polar surface area (TPSA) is 167 Å². The molecule has 77 heavy (non-hydrogen) atoms. The molecule has 13 nitrogen and oxygen atoms in total. The summed E-state index contributed by atoms with van der Waals surface area (Å²) < 4.78 is 38.6. The molecule has 3 aliphatic rings. The highest BCUT2D eigenvalue weighted by Crippen LogP contribution is 2.43. The summed E-state index contributed by atoms with van der Waals surface area (Å²) in [5, 5.41) is 0. The van der Waals surface area contributed by atoms with Crippen molar-refractivity contribution in [3.63, 3.8) is 0 Å². The Balaban J connectivity index is 0.765. The van der Waals surface area contributed by atoms with Crippen molar-refractivity contribution in [1.82, 2.24) is 0 Å². The molecule has 0 saturated heterocycles. The van der Waals surface area contributed by atoms with E-state index < -0.39 is 5.97 Å². The van der Waals surface area contributed by atoms with Gasteiger partial charge in [-0.2, -0.15) is 0 Å². The molecule has 0 bridgehead atoms. The first kappa shape index (κ1) is 62.9. The molecule has 13 heteroatoms. The van der Waals surface area contributed by atoms with Crippen molar-refractivity contribution in [2.24, 2.45) is 35.5 Å². The van der Waals surface area contributed by atoms with Crippen molar-refractivity contribution in [3.8, 4) is 17.2 Å². The van der Waals surface area contributed by atoms with Crippen LogP contribution in [0, 0.1) is 35.5 Å². The van der Waals surface area contributed by atoms with E-state index in [-0.39, 0.29) is 60.4 Å². The second-order valence-electron chi connectivity index (χ2n) is 22.3. The number of benzene rings is 2. The molecule has 0 amide bonds. The van der Waals surface area contributed by atoms with E-state index in [4.69, 9.17) is 33.2 Å². The molecule has 0 spiro atoms. The van der Waals surface area contributed by atoms with Crippen molar-refractivity contribution < 1.29 is 61.9 Å². The van der Waals surface area contributed by atoms with Gasteiger partial charge >= 0.3 is 35.8 Å². The minimum absolute atomic E-state index is 0.0267. The van der Waals surface area contributed by atoms with Gasteiger partial charge in [-0.05, 0) is 163 Å². The molecular weight excluding hydrogens is 977 g/mol. The number of rotatable bonds is 37. The summed E-state index contributed by atoms with van der Waals surface area (Å²) in [5.41, 5.74) is 0.407. The maximum Gasteiger partial charge on any atom is 0.343 e. The predicted molar refractivity (Wildman–Crippen MR) is 297 cm³/mol. The highest BCUT2D eigenvalue weighted by molar-refractivity contribution is 5.91. The summed E-state index contributed by atoms with van der Waals surface area (Å²) in [7, 11) is 0. The van der Waals surface area contributed by atoms with Gasteiger partial charge in [-0.3, -0.25) is 24.0 Å². The van der Waals surface area contributed by atoms with Crippen molar-refractivity contribution in [3.05, 3.63) is 54.1 Å². The molecule has 3 aliphatic carbocycles. The molecule has 0 radical (unpaired) electrons. The molecule has 3 fully saturated rings. The third-order valence-corrected chi connectivity index (χ3v) is 16.2. The standard InChI is InChI=1S/C64H96O13/c1-3-5-16-21-49-22-24-50(25-23-49)51-26-28-54(29-27-51)63(69)76-57-38-40-58(41-39-57)77-64(70)55-34-36-56(37-35-55)71-45-17-12-10-11-14-19-47-73-60(66)43-42-59(65)72-46-18-13-8-6-7-9-15-20-48-75-62(68)53-32-30-52(31-33-53)61(67)74-44-4-2/h34-41,49-54H,3-33,42-48H2,1-2H3. The molecular formula is C64H96O13. The number of carbonyl (C=O) groups excluding carboxylic acids is 6. The molecule has 0 aromatic heterocycles. The van der Waals surface area contributed by atoms with E-state index in [1.807, 2.05) is 6.92 Å². The fraction of sp³-hybridized carbons (Fsp3) is 0.719. The number of esters is 6. The van der Waals surface area contributed by atoms with Crippen molar-refractivity contribution in [2.45, 2.75) is 226 Å². The monoisotopic (exact) mass is 1070 g/mol. The average Bonchev–Trinajstić information content (AvgIpc) is 3.45. The summed E-state index contributed by atoms with van der Waals surface area (Å²) in [6, 6.07) is 13.6. The zero-order valence-electron chi connectivity index (χ0n) is 47.3. The molecule has 0 unspecified atom stereocenters. The van der Waals surface area contributed by atoms with E-state index >= 15 is 0 Å². The predicted octanol–water partition coefficient (Wildman–Crippen LogP) is 15.0. The van der Waals surface area contributed by atoms with E-state index in [1.165, 1.54) is 51.4 Å². The number of hydrogen-bond donors (Lipinski definition) is 0. The molecule has 0 N–H and O–H groups in total. The highest BCUT2D eigenvalue weighted by atomic mass is 16.6. The first-order chi connectivity index (χ1) is 37.6. The maximum absolute atomic E-state index is 13.0. The largest absolute Gasteiger partial charge is 0.494 e. The fourth-order valence-corrected chi connectivity index (χ4v) is 11.3. The molecule has 2 aromatic carbocycles. The molecule has 5 rings (SSSR count). The Kier molecular flexibility index (Phi) is 30.9. The lowest BCUT2D eigenvalue weighted by atomic mass is 9.68. The van der Waals surface area contributed by atoms with Crippen LogP contribution in [0.4, 0.5) is 0 Å². The number of carbonyl (C=O) groups is 6. The third kappa shape index (κ3) is 25.6. The minimum atomic E-state index is -0.480. The van der Waals surface area contributed by atoms with Gasteiger partial charge in [0.2, 0.25) is 0 Å². The Hall–Kier alpha value is -4.94. The van der Waals surface area contributed by atoms with E-state index in [0.29, 0.717) is 81.5 Å². The zero-order chi connectivity index (χ0) is 54.7. The van der Waals surface area contributed by atoms with Crippen LogP contribution < -0.4 is 14.2 Å². The SMILES string of the molecule is CCCCCC1CCC(C2CCC(C(=O)Oc3ccc(OC(=O)c4ccc(OCCCCCCCCOC(=O)CCC(=O)OCCCCCCCCCCOC(=O)C5CCC(C(=O)OCCC)CC5)cc4)cc3)CC2)CC1. The first-order valence-electron chi connectivity index (χ1n) is 30.5. The van der Waals surface area contributed by atoms with Crippen LogP contribution in [0.3, 0.4) is 0 Å². The summed E-state index contributed by atoms with van der Waals surface area (Å²) >= 11 is 0. The van der Waals surface area contributed by atoms with Gasteiger partial charge in [0.05, 0.1) is 69.2 Å². The maximum atomic E-state index is 13.0. The van der Waals surface area contributed by atoms with Gasteiger partial charge in [0, 0.05) is 0 Å². The Morgan fingerprint density at radius 3 is 1.27 bits per heavy atom. The Bertz CT molecular complexity index is 1970. The fourth-order valence-electron chi connectivity index (χ4n) is 11.3. The smallest absolute Gasteiger partial charge is 0.343 e. The molecule has 0 heterocycles. The summed E-state index contributed by atoms with van der Waals surface area (Å²) in [6.07, 6.45) is 32.4. The van der Waals surface area contributed by atoms with Gasteiger partial charge < -0.3 is 33.2 Å². The normalized spacial score (nSPS) is 20.3. The third-order valence-electron chi connectivity index (χ3n) is 16.2. The molecule has 0 aliphatic heterocycles. The highest BCUT2D eigenvalue weighted by Gasteiger charge is 2.34. The van der Waals surface area contributed by atoms with Crippen LogP contribution in [0.25, 0.3) is 0 Å². The van der Waals surface area contributed by atoms with Gasteiger partial charge in [-0.25, -0.2) is 4.79 Å². The van der Waals surface area contributed by atoms with Crippen LogP contribution in [-0.4, -0.2) is 68.9 Å². The van der Waals surface area contributed by atoms with E-state index in [2.05, 4.69) is 6.92 Å². The van der Waals surface area contributed by atoms with Gasteiger partial charge in [0.15, 0.2) is 0 Å². The Labute approximate surface area is 461 Å². The summed E-state index contributed by atoms with van der Waals surface area (Å²) in [6.45, 7) is 6.44. The van der Waals surface area contributed by atoms with Gasteiger partial charge in [-0.1, -0.05) is 117 Å². The quantitative estimate of drug-likeness (QED) is 0.0272. The second-order valence-corrected chi connectivity index (χ2v) is 22.3. The van der Waals surface area contributed by atoms with E-state index in [0.717, 1.165) is 140 Å². The lowest BCUT2D eigenvalue weighted by Crippen LogP contribution is -2.30. The van der Waals surface area contributed by atoms with E-state index in [1.54, 1.807) is 48.5 Å². The number of unbranched alkanes of at least 4 members (excludes halogenated alkanes) is 14. The van der Waals surface area contributed by atoms with Crippen LogP contribution in [0.5, 0.6) is 17.2 Å². The van der Waals surface area contributed by atoms with Crippen LogP contribution >= 0.6 is 0 Å². The van der Waals surface area contributed by atoms with Crippen LogP contribution in [0.1, 0.15) is 236 Å². The van der Waals surface area contributed by atoms with Gasteiger partial charge in [-0.15, -0.1) is 0 Å². The molecule has 0 atom stereocenters. The Morgan fingerprint density at radius 2 is 0.779 bits per heavy atom. The first-order valence-corrected chi connectivity index (χ1v) is 30.5. The molecule has 430 valence electrons. The lowest BCUT2D eigenvalue weighted by Gasteiger charge is -2.37. The van der Waals surface area contributed by atoms with E-state index in [9.17, 15) is 28.8 Å². The van der Waals surface area contributed by atoms with Gasteiger partial charge in [0.1, 0.15) is 17.2 Å².